The number of nitrogens with zero attached hydrogens (tertiary/aromatic N) is 3. The van der Waals surface area contributed by atoms with Crippen LogP contribution in [0, 0.1) is 5.82 Å². The van der Waals surface area contributed by atoms with E-state index in [1.165, 1.54) is 17.7 Å². The molecule has 1 fully saturated rings. The van der Waals surface area contributed by atoms with E-state index in [4.69, 9.17) is 4.74 Å². The molecule has 0 N–H and O–H groups in total. The molecule has 3 aromatic rings. The fraction of sp³-hybridized carbons (Fsp3) is 0.263. The highest BCUT2D eigenvalue weighted by molar-refractivity contribution is 7.07. The molecule has 1 saturated heterocycles. The molecule has 0 aliphatic carbocycles. The predicted octanol–water partition coefficient (Wildman–Crippen LogP) is 4.31. The third kappa shape index (κ3) is 3.55. The second-order valence-corrected chi connectivity index (χ2v) is 6.96. The highest BCUT2D eigenvalue weighted by Crippen LogP contribution is 2.29. The molecular weight excluding hydrogens is 337 g/mol. The van der Waals surface area contributed by atoms with Crippen LogP contribution in [0.4, 0.5) is 10.2 Å². The number of morpholine rings is 1. The van der Waals surface area contributed by atoms with Gasteiger partial charge in [-0.3, -0.25) is 0 Å². The van der Waals surface area contributed by atoms with Crippen molar-refractivity contribution >= 4 is 17.2 Å². The number of hydrogen-bond acceptors (Lipinski definition) is 5. The van der Waals surface area contributed by atoms with Crippen LogP contribution in [0.2, 0.25) is 0 Å². The lowest BCUT2D eigenvalue weighted by molar-refractivity contribution is -0.0174. The van der Waals surface area contributed by atoms with Gasteiger partial charge in [-0.05, 0) is 65.7 Å². The standard InChI is InChI=1S/C19H18FN3OS/c1-13-10-23(11-18(24-13)15-8-9-25-12-15)19-7-6-17(21-22-19)14-2-4-16(20)5-3-14/h2-9,12-13,18H,10-11H2,1H3. The minimum atomic E-state index is -0.255. The van der Waals surface area contributed by atoms with E-state index in [1.807, 2.05) is 12.1 Å². The summed E-state index contributed by atoms with van der Waals surface area (Å²) in [6.07, 6.45) is 0.172. The minimum Gasteiger partial charge on any atom is -0.367 e. The summed E-state index contributed by atoms with van der Waals surface area (Å²) in [5.74, 6) is 0.580. The van der Waals surface area contributed by atoms with Crippen molar-refractivity contribution in [2.75, 3.05) is 18.0 Å². The van der Waals surface area contributed by atoms with E-state index in [1.54, 1.807) is 23.5 Å². The van der Waals surface area contributed by atoms with Gasteiger partial charge < -0.3 is 9.64 Å². The number of halogens is 1. The smallest absolute Gasteiger partial charge is 0.151 e. The number of rotatable bonds is 3. The highest BCUT2D eigenvalue weighted by atomic mass is 32.1. The molecule has 6 heteroatoms. The first kappa shape index (κ1) is 16.2. The molecule has 128 valence electrons. The minimum absolute atomic E-state index is 0.0496. The molecule has 0 radical (unpaired) electrons. The number of aromatic nitrogens is 2. The van der Waals surface area contributed by atoms with E-state index in [-0.39, 0.29) is 18.0 Å². The number of hydrogen-bond donors (Lipinski definition) is 0. The third-order valence-electron chi connectivity index (χ3n) is 4.29. The van der Waals surface area contributed by atoms with Crippen LogP contribution in [0.25, 0.3) is 11.3 Å². The van der Waals surface area contributed by atoms with E-state index in [2.05, 4.69) is 38.8 Å². The summed E-state index contributed by atoms with van der Waals surface area (Å²) < 4.78 is 19.1. The Hall–Kier alpha value is -2.31. The van der Waals surface area contributed by atoms with Gasteiger partial charge in [0.2, 0.25) is 0 Å². The van der Waals surface area contributed by atoms with Gasteiger partial charge in [0, 0.05) is 18.7 Å². The maximum absolute atomic E-state index is 13.0. The first-order valence-corrected chi connectivity index (χ1v) is 9.15. The van der Waals surface area contributed by atoms with Crippen LogP contribution in [0.5, 0.6) is 0 Å². The Labute approximate surface area is 149 Å². The van der Waals surface area contributed by atoms with Crippen LogP contribution in [0.3, 0.4) is 0 Å². The van der Waals surface area contributed by atoms with Crippen molar-refractivity contribution in [2.45, 2.75) is 19.1 Å². The Morgan fingerprint density at radius 3 is 2.60 bits per heavy atom. The SMILES string of the molecule is CC1CN(c2ccc(-c3ccc(F)cc3)nn2)CC(c2ccsc2)O1. The molecule has 0 saturated carbocycles. The maximum Gasteiger partial charge on any atom is 0.151 e. The van der Waals surface area contributed by atoms with E-state index in [9.17, 15) is 4.39 Å². The molecule has 0 spiro atoms. The van der Waals surface area contributed by atoms with Crippen molar-refractivity contribution in [2.24, 2.45) is 0 Å². The van der Waals surface area contributed by atoms with Gasteiger partial charge in [-0.2, -0.15) is 11.3 Å². The predicted molar refractivity (Wildman–Crippen MR) is 97.2 cm³/mol. The monoisotopic (exact) mass is 355 g/mol. The first-order valence-electron chi connectivity index (χ1n) is 8.21. The normalized spacial score (nSPS) is 20.6. The van der Waals surface area contributed by atoms with E-state index in [0.717, 1.165) is 30.2 Å². The molecule has 2 atom stereocenters. The zero-order valence-electron chi connectivity index (χ0n) is 13.8. The Kier molecular flexibility index (Phi) is 4.46. The van der Waals surface area contributed by atoms with Crippen LogP contribution in [-0.4, -0.2) is 29.4 Å². The molecule has 2 unspecified atom stereocenters. The van der Waals surface area contributed by atoms with Crippen LogP contribution in [0.1, 0.15) is 18.6 Å². The van der Waals surface area contributed by atoms with Crippen molar-refractivity contribution in [1.82, 2.24) is 10.2 Å². The molecule has 4 rings (SSSR count). The van der Waals surface area contributed by atoms with Gasteiger partial charge in [0.1, 0.15) is 11.9 Å². The Bertz CT molecular complexity index is 821. The summed E-state index contributed by atoms with van der Waals surface area (Å²) in [5, 5.41) is 12.9. The largest absolute Gasteiger partial charge is 0.367 e. The molecule has 4 nitrogen and oxygen atoms in total. The summed E-state index contributed by atoms with van der Waals surface area (Å²) in [6.45, 7) is 3.61. The summed E-state index contributed by atoms with van der Waals surface area (Å²) in [7, 11) is 0. The number of ether oxygens (including phenoxy) is 1. The molecule has 1 aliphatic rings. The first-order chi connectivity index (χ1) is 12.2. The number of benzene rings is 1. The average molecular weight is 355 g/mol. The van der Waals surface area contributed by atoms with Crippen molar-refractivity contribution < 1.29 is 9.13 Å². The molecule has 0 amide bonds. The lowest BCUT2D eigenvalue weighted by atomic mass is 10.1. The fourth-order valence-corrected chi connectivity index (χ4v) is 3.75. The molecule has 1 aliphatic heterocycles. The zero-order chi connectivity index (χ0) is 17.2. The number of anilines is 1. The second-order valence-electron chi connectivity index (χ2n) is 6.18. The van der Waals surface area contributed by atoms with Crippen molar-refractivity contribution in [3.05, 3.63) is 64.6 Å². The van der Waals surface area contributed by atoms with Crippen LogP contribution in [0.15, 0.2) is 53.2 Å². The number of thiophene rings is 1. The summed E-state index contributed by atoms with van der Waals surface area (Å²) in [6, 6.07) is 12.3. The summed E-state index contributed by atoms with van der Waals surface area (Å²) in [5.41, 5.74) is 2.80. The van der Waals surface area contributed by atoms with Crippen LogP contribution >= 0.6 is 11.3 Å². The van der Waals surface area contributed by atoms with E-state index in [0.29, 0.717) is 0 Å². The Morgan fingerprint density at radius 2 is 1.92 bits per heavy atom. The topological polar surface area (TPSA) is 38.2 Å². The van der Waals surface area contributed by atoms with Gasteiger partial charge >= 0.3 is 0 Å². The molecule has 1 aromatic carbocycles. The van der Waals surface area contributed by atoms with Crippen LogP contribution in [-0.2, 0) is 4.74 Å². The van der Waals surface area contributed by atoms with Gasteiger partial charge in [-0.25, -0.2) is 4.39 Å². The maximum atomic E-state index is 13.0. The molecular formula is C19H18FN3OS. The second kappa shape index (κ2) is 6.90. The van der Waals surface area contributed by atoms with Crippen LogP contribution < -0.4 is 4.90 Å². The Morgan fingerprint density at radius 1 is 1.08 bits per heavy atom. The van der Waals surface area contributed by atoms with E-state index >= 15 is 0 Å². The molecule has 0 bridgehead atoms. The van der Waals surface area contributed by atoms with Gasteiger partial charge in [0.15, 0.2) is 5.82 Å². The highest BCUT2D eigenvalue weighted by Gasteiger charge is 2.27. The fourth-order valence-electron chi connectivity index (χ4n) is 3.05. The van der Waals surface area contributed by atoms with E-state index < -0.39 is 0 Å². The molecule has 25 heavy (non-hydrogen) atoms. The summed E-state index contributed by atoms with van der Waals surface area (Å²) >= 11 is 1.68. The van der Waals surface area contributed by atoms with Crippen molar-refractivity contribution in [1.29, 1.82) is 0 Å². The third-order valence-corrected chi connectivity index (χ3v) is 4.99. The molecule has 3 heterocycles. The van der Waals surface area contributed by atoms with Crippen molar-refractivity contribution in [3.8, 4) is 11.3 Å². The Balaban J connectivity index is 1.53. The van der Waals surface area contributed by atoms with Crippen molar-refractivity contribution in [3.63, 3.8) is 0 Å². The zero-order valence-corrected chi connectivity index (χ0v) is 14.6. The summed E-state index contributed by atoms with van der Waals surface area (Å²) in [4.78, 5) is 2.21. The van der Waals surface area contributed by atoms with Gasteiger partial charge in [-0.15, -0.1) is 10.2 Å². The lowest BCUT2D eigenvalue weighted by Gasteiger charge is -2.37. The molecule has 2 aromatic heterocycles. The lowest BCUT2D eigenvalue weighted by Crippen LogP contribution is -2.43. The average Bonchev–Trinajstić information content (AvgIpc) is 3.17. The quantitative estimate of drug-likeness (QED) is 0.702. The van der Waals surface area contributed by atoms with Gasteiger partial charge in [0.25, 0.3) is 0 Å². The van der Waals surface area contributed by atoms with Gasteiger partial charge in [0.05, 0.1) is 11.8 Å². The van der Waals surface area contributed by atoms with Gasteiger partial charge in [-0.1, -0.05) is 0 Å².